The lowest BCUT2D eigenvalue weighted by Gasteiger charge is -2.40. The first-order chi connectivity index (χ1) is 7.82. The monoisotopic (exact) mass is 240 g/mol. The molecule has 4 heteroatoms. The number of aliphatic hydroxyl groups excluding tert-OH is 1. The van der Waals surface area contributed by atoms with Crippen LogP contribution < -0.4 is 11.1 Å². The number of carbonyl (C=O) groups is 1. The van der Waals surface area contributed by atoms with Crippen LogP contribution in [0, 0.1) is 16.2 Å². The topological polar surface area (TPSA) is 75.4 Å². The van der Waals surface area contributed by atoms with Gasteiger partial charge in [-0.25, -0.2) is 0 Å². The Morgan fingerprint density at radius 1 is 1.41 bits per heavy atom. The Morgan fingerprint density at radius 2 is 2.06 bits per heavy atom. The predicted molar refractivity (Wildman–Crippen MR) is 66.2 cm³/mol. The summed E-state index contributed by atoms with van der Waals surface area (Å²) in [4.78, 5) is 12.4. The van der Waals surface area contributed by atoms with Crippen molar-refractivity contribution in [1.29, 1.82) is 0 Å². The van der Waals surface area contributed by atoms with Gasteiger partial charge in [-0.3, -0.25) is 4.79 Å². The van der Waals surface area contributed by atoms with Crippen molar-refractivity contribution in [3.8, 4) is 0 Å². The molecule has 2 rings (SSSR count). The van der Waals surface area contributed by atoms with Crippen LogP contribution in [0.4, 0.5) is 0 Å². The third kappa shape index (κ3) is 1.34. The minimum Gasteiger partial charge on any atom is -0.393 e. The van der Waals surface area contributed by atoms with Gasteiger partial charge in [-0.2, -0.15) is 0 Å². The first-order valence-electron chi connectivity index (χ1n) is 6.48. The van der Waals surface area contributed by atoms with Gasteiger partial charge in [0.05, 0.1) is 11.5 Å². The van der Waals surface area contributed by atoms with Gasteiger partial charge >= 0.3 is 0 Å². The average molecular weight is 240 g/mol. The van der Waals surface area contributed by atoms with Crippen LogP contribution in [-0.4, -0.2) is 30.2 Å². The molecule has 1 amide bonds. The van der Waals surface area contributed by atoms with Crippen LogP contribution in [0.25, 0.3) is 0 Å². The van der Waals surface area contributed by atoms with E-state index in [1.165, 1.54) is 0 Å². The Balaban J connectivity index is 2.30. The second-order valence-electron chi connectivity index (χ2n) is 6.39. The van der Waals surface area contributed by atoms with Gasteiger partial charge in [0, 0.05) is 13.1 Å². The first-order valence-corrected chi connectivity index (χ1v) is 6.48. The van der Waals surface area contributed by atoms with Crippen LogP contribution in [0.5, 0.6) is 0 Å². The quantitative estimate of drug-likeness (QED) is 0.677. The number of nitrogens with one attached hydrogen (secondary N) is 1. The van der Waals surface area contributed by atoms with Crippen molar-refractivity contribution in [2.24, 2.45) is 22.0 Å². The minimum atomic E-state index is -0.406. The molecule has 2 saturated carbocycles. The predicted octanol–water partition coefficient (Wildman–Crippen LogP) is 0.639. The van der Waals surface area contributed by atoms with Gasteiger partial charge < -0.3 is 16.2 Å². The van der Waals surface area contributed by atoms with Crippen LogP contribution in [0.15, 0.2) is 0 Å². The van der Waals surface area contributed by atoms with Crippen LogP contribution >= 0.6 is 0 Å². The van der Waals surface area contributed by atoms with E-state index in [1.807, 2.05) is 0 Å². The van der Waals surface area contributed by atoms with E-state index >= 15 is 0 Å². The summed E-state index contributed by atoms with van der Waals surface area (Å²) in [5.74, 6) is 0.0771. The van der Waals surface area contributed by atoms with Gasteiger partial charge in [0.1, 0.15) is 0 Å². The van der Waals surface area contributed by atoms with Crippen LogP contribution in [0.2, 0.25) is 0 Å². The van der Waals surface area contributed by atoms with E-state index in [4.69, 9.17) is 5.73 Å². The summed E-state index contributed by atoms with van der Waals surface area (Å²) in [6.07, 6.45) is 2.03. The molecule has 0 heterocycles. The van der Waals surface area contributed by atoms with E-state index in [2.05, 4.69) is 26.1 Å². The Kier molecular flexibility index (Phi) is 2.79. The van der Waals surface area contributed by atoms with Crippen molar-refractivity contribution in [3.05, 3.63) is 0 Å². The largest absolute Gasteiger partial charge is 0.393 e. The van der Waals surface area contributed by atoms with Gasteiger partial charge in [0.25, 0.3) is 0 Å². The number of aliphatic hydroxyl groups is 1. The highest BCUT2D eigenvalue weighted by Crippen LogP contribution is 2.72. The number of amides is 1. The standard InChI is InChI=1S/C13H24N2O2/c1-11(2)12(3)4-5-13(11,8-9(12)16)10(17)15-7-6-14/h9,16H,4-8,14H2,1-3H3,(H,15,17). The number of hydrogen-bond donors (Lipinski definition) is 3. The van der Waals surface area contributed by atoms with Gasteiger partial charge in [0.15, 0.2) is 0 Å². The smallest absolute Gasteiger partial charge is 0.226 e. The van der Waals surface area contributed by atoms with Crippen molar-refractivity contribution in [1.82, 2.24) is 5.32 Å². The van der Waals surface area contributed by atoms with Crippen molar-refractivity contribution < 1.29 is 9.90 Å². The zero-order chi connectivity index (χ0) is 12.9. The molecule has 2 fully saturated rings. The molecule has 3 unspecified atom stereocenters. The van der Waals surface area contributed by atoms with Gasteiger partial charge in [-0.05, 0) is 30.1 Å². The maximum absolute atomic E-state index is 12.4. The van der Waals surface area contributed by atoms with Crippen molar-refractivity contribution >= 4 is 5.91 Å². The second kappa shape index (κ2) is 3.69. The normalized spacial score (nSPS) is 42.8. The minimum absolute atomic E-state index is 0.0771. The molecule has 0 spiro atoms. The molecule has 0 aliphatic heterocycles. The molecular formula is C13H24N2O2. The molecule has 2 bridgehead atoms. The fourth-order valence-electron chi connectivity index (χ4n) is 3.99. The first kappa shape index (κ1) is 12.8. The highest BCUT2D eigenvalue weighted by molar-refractivity contribution is 5.85. The summed E-state index contributed by atoms with van der Waals surface area (Å²) in [5, 5.41) is 13.2. The molecule has 98 valence electrons. The van der Waals surface area contributed by atoms with Crippen LogP contribution in [-0.2, 0) is 4.79 Å². The highest BCUT2D eigenvalue weighted by atomic mass is 16.3. The summed E-state index contributed by atoms with van der Waals surface area (Å²) in [7, 11) is 0. The lowest BCUT2D eigenvalue weighted by atomic mass is 9.64. The molecule has 3 atom stereocenters. The summed E-state index contributed by atoms with van der Waals surface area (Å²) >= 11 is 0. The maximum Gasteiger partial charge on any atom is 0.226 e. The molecule has 0 radical (unpaired) electrons. The van der Waals surface area contributed by atoms with Crippen LogP contribution in [0.3, 0.4) is 0 Å². The van der Waals surface area contributed by atoms with Gasteiger partial charge in [-0.15, -0.1) is 0 Å². The molecule has 4 N–H and O–H groups in total. The highest BCUT2D eigenvalue weighted by Gasteiger charge is 2.71. The summed E-state index contributed by atoms with van der Waals surface area (Å²) < 4.78 is 0. The fraction of sp³-hybridized carbons (Fsp3) is 0.923. The average Bonchev–Trinajstić information content (AvgIpc) is 2.56. The number of hydrogen-bond acceptors (Lipinski definition) is 3. The zero-order valence-electron chi connectivity index (χ0n) is 11.0. The van der Waals surface area contributed by atoms with Crippen molar-refractivity contribution in [2.75, 3.05) is 13.1 Å². The van der Waals surface area contributed by atoms with E-state index in [0.29, 0.717) is 19.5 Å². The Bertz CT molecular complexity index is 342. The summed E-state index contributed by atoms with van der Waals surface area (Å²) in [6.45, 7) is 7.34. The molecule has 0 aromatic rings. The number of rotatable bonds is 3. The van der Waals surface area contributed by atoms with Crippen molar-refractivity contribution in [2.45, 2.75) is 46.1 Å². The van der Waals surface area contributed by atoms with E-state index in [1.54, 1.807) is 0 Å². The Morgan fingerprint density at radius 3 is 2.47 bits per heavy atom. The molecule has 2 aliphatic carbocycles. The van der Waals surface area contributed by atoms with E-state index in [0.717, 1.165) is 12.8 Å². The molecule has 0 aromatic carbocycles. The van der Waals surface area contributed by atoms with Crippen LogP contribution in [0.1, 0.15) is 40.0 Å². The lowest BCUT2D eigenvalue weighted by Crippen LogP contribution is -2.47. The number of fused-ring (bicyclic) bond motifs is 2. The summed E-state index contributed by atoms with van der Waals surface area (Å²) in [6, 6.07) is 0. The third-order valence-electron chi connectivity index (χ3n) is 5.84. The van der Waals surface area contributed by atoms with Gasteiger partial charge in [-0.1, -0.05) is 20.8 Å². The third-order valence-corrected chi connectivity index (χ3v) is 5.84. The summed E-state index contributed by atoms with van der Waals surface area (Å²) in [5.41, 5.74) is 4.73. The lowest BCUT2D eigenvalue weighted by molar-refractivity contribution is -0.136. The van der Waals surface area contributed by atoms with Gasteiger partial charge in [0.2, 0.25) is 5.91 Å². The molecule has 0 saturated heterocycles. The van der Waals surface area contributed by atoms with Crippen molar-refractivity contribution in [3.63, 3.8) is 0 Å². The molecular weight excluding hydrogens is 216 g/mol. The fourth-order valence-corrected chi connectivity index (χ4v) is 3.99. The second-order valence-corrected chi connectivity index (χ2v) is 6.39. The molecule has 4 nitrogen and oxygen atoms in total. The van der Waals surface area contributed by atoms with E-state index < -0.39 is 5.41 Å². The zero-order valence-corrected chi connectivity index (χ0v) is 11.0. The maximum atomic E-state index is 12.4. The molecule has 17 heavy (non-hydrogen) atoms. The molecule has 0 aromatic heterocycles. The van der Waals surface area contributed by atoms with E-state index in [-0.39, 0.29) is 22.8 Å². The number of nitrogens with two attached hydrogens (primary N) is 1. The molecule has 2 aliphatic rings. The Hall–Kier alpha value is -0.610. The SMILES string of the molecule is CC12CCC(C(=O)NCCN)(CC1O)C2(C)C. The number of carbonyl (C=O) groups excluding carboxylic acids is 1. The Labute approximate surface area is 103 Å². The van der Waals surface area contributed by atoms with E-state index in [9.17, 15) is 9.90 Å².